The van der Waals surface area contributed by atoms with Crippen molar-refractivity contribution in [2.24, 2.45) is 0 Å². The number of benzene rings is 3. The highest BCUT2D eigenvalue weighted by molar-refractivity contribution is 6.42. The number of carbonyl (C=O) groups is 2. The quantitative estimate of drug-likeness (QED) is 0.438. The first kappa shape index (κ1) is 17.0. The van der Waals surface area contributed by atoms with Crippen LogP contribution in [0.5, 0.6) is 0 Å². The van der Waals surface area contributed by atoms with Gasteiger partial charge in [0.25, 0.3) is 5.78 Å². The van der Waals surface area contributed by atoms with Crippen molar-refractivity contribution < 1.29 is 14.3 Å². The van der Waals surface area contributed by atoms with Gasteiger partial charge >= 0.3 is 5.97 Å². The van der Waals surface area contributed by atoms with E-state index in [1.165, 1.54) is 0 Å². The summed E-state index contributed by atoms with van der Waals surface area (Å²) in [5, 5.41) is 0.596. The molecule has 0 radical (unpaired) electrons. The maximum Gasteiger partial charge on any atom is 0.381 e. The van der Waals surface area contributed by atoms with Gasteiger partial charge in [-0.3, -0.25) is 4.79 Å². The van der Waals surface area contributed by atoms with E-state index in [0.29, 0.717) is 22.6 Å². The Bertz CT molecular complexity index is 1180. The molecule has 3 nitrogen and oxygen atoms in total. The fourth-order valence-corrected chi connectivity index (χ4v) is 4.45. The molecule has 5 rings (SSSR count). The molecule has 0 saturated carbocycles. The summed E-state index contributed by atoms with van der Waals surface area (Å²) < 4.78 is 5.99. The summed E-state index contributed by atoms with van der Waals surface area (Å²) in [5.74, 6) is -1.46. The van der Waals surface area contributed by atoms with E-state index in [-0.39, 0.29) is 0 Å². The van der Waals surface area contributed by atoms with Crippen LogP contribution in [-0.2, 0) is 21.6 Å². The van der Waals surface area contributed by atoms with Crippen LogP contribution >= 0.6 is 11.6 Å². The molecule has 1 heterocycles. The SMILES string of the molecule is O=C1OC2(C(c3cccc(Cl)c3)=CCc3ccccc32)c2ccccc2C1=O. The van der Waals surface area contributed by atoms with Gasteiger partial charge in [0, 0.05) is 27.3 Å². The van der Waals surface area contributed by atoms with Crippen molar-refractivity contribution in [1.29, 1.82) is 0 Å². The normalized spacial score (nSPS) is 20.2. The first-order valence-electron chi connectivity index (χ1n) is 9.03. The molecule has 0 bridgehead atoms. The monoisotopic (exact) mass is 386 g/mol. The zero-order valence-corrected chi connectivity index (χ0v) is 15.6. The van der Waals surface area contributed by atoms with Gasteiger partial charge in [0.05, 0.1) is 0 Å². The van der Waals surface area contributed by atoms with Crippen molar-refractivity contribution in [2.45, 2.75) is 12.0 Å². The summed E-state index contributed by atoms with van der Waals surface area (Å²) in [5.41, 5.74) is 3.49. The first-order valence-corrected chi connectivity index (χ1v) is 9.41. The van der Waals surface area contributed by atoms with Gasteiger partial charge in [-0.15, -0.1) is 0 Å². The van der Waals surface area contributed by atoms with Crippen LogP contribution in [0.15, 0.2) is 78.9 Å². The molecule has 0 N–H and O–H groups in total. The molecule has 2 aliphatic rings. The number of carbonyl (C=O) groups excluding carboxylic acids is 2. The minimum atomic E-state index is -1.18. The lowest BCUT2D eigenvalue weighted by Gasteiger charge is -2.43. The Balaban J connectivity index is 1.88. The molecule has 0 amide bonds. The second-order valence-corrected chi connectivity index (χ2v) is 7.37. The van der Waals surface area contributed by atoms with Crippen LogP contribution in [0.3, 0.4) is 0 Å². The highest BCUT2D eigenvalue weighted by Crippen LogP contribution is 2.52. The van der Waals surface area contributed by atoms with Crippen molar-refractivity contribution in [3.8, 4) is 0 Å². The Kier molecular flexibility index (Phi) is 3.74. The van der Waals surface area contributed by atoms with Crippen LogP contribution in [-0.4, -0.2) is 11.8 Å². The zero-order chi connectivity index (χ0) is 19.3. The van der Waals surface area contributed by atoms with Gasteiger partial charge in [-0.25, -0.2) is 4.79 Å². The van der Waals surface area contributed by atoms with Gasteiger partial charge in [0.2, 0.25) is 0 Å². The number of Topliss-reactive ketones (excluding diaryl/α,β-unsaturated/α-hetero) is 1. The molecule has 136 valence electrons. The predicted octanol–water partition coefficient (Wildman–Crippen LogP) is 4.96. The molecule has 0 saturated heterocycles. The lowest BCUT2D eigenvalue weighted by Crippen LogP contribution is -2.45. The Morgan fingerprint density at radius 1 is 0.857 bits per heavy atom. The third-order valence-electron chi connectivity index (χ3n) is 5.42. The van der Waals surface area contributed by atoms with Crippen molar-refractivity contribution in [2.75, 3.05) is 0 Å². The number of ketones is 1. The summed E-state index contributed by atoms with van der Waals surface area (Å²) in [6, 6.07) is 22.5. The Labute approximate surface area is 167 Å². The Morgan fingerprint density at radius 3 is 2.43 bits per heavy atom. The fraction of sp³-hybridized carbons (Fsp3) is 0.0833. The van der Waals surface area contributed by atoms with Gasteiger partial charge in [-0.05, 0) is 29.7 Å². The predicted molar refractivity (Wildman–Crippen MR) is 107 cm³/mol. The molecule has 0 fully saturated rings. The maximum atomic E-state index is 12.7. The minimum absolute atomic E-state index is 0.378. The van der Waals surface area contributed by atoms with Crippen molar-refractivity contribution in [1.82, 2.24) is 0 Å². The van der Waals surface area contributed by atoms with E-state index in [1.54, 1.807) is 18.2 Å². The Morgan fingerprint density at radius 2 is 1.61 bits per heavy atom. The van der Waals surface area contributed by atoms with Crippen LogP contribution in [0.2, 0.25) is 5.02 Å². The molecule has 0 aromatic heterocycles. The second kappa shape index (κ2) is 6.18. The average Bonchev–Trinajstić information content (AvgIpc) is 2.72. The summed E-state index contributed by atoms with van der Waals surface area (Å²) >= 11 is 6.25. The third-order valence-corrected chi connectivity index (χ3v) is 5.65. The molecule has 1 aliphatic carbocycles. The van der Waals surface area contributed by atoms with Crippen molar-refractivity contribution in [3.63, 3.8) is 0 Å². The third kappa shape index (κ3) is 2.30. The smallest absolute Gasteiger partial charge is 0.381 e. The van der Waals surface area contributed by atoms with E-state index in [0.717, 1.165) is 22.3 Å². The van der Waals surface area contributed by atoms with Gasteiger partial charge in [0.15, 0.2) is 5.60 Å². The molecule has 1 spiro atoms. The van der Waals surface area contributed by atoms with Crippen LogP contribution in [0, 0.1) is 0 Å². The fourth-order valence-electron chi connectivity index (χ4n) is 4.26. The molecular formula is C24H15ClO3. The number of halogens is 1. The first-order chi connectivity index (χ1) is 13.6. The largest absolute Gasteiger partial charge is 0.438 e. The molecule has 1 unspecified atom stereocenters. The van der Waals surface area contributed by atoms with Crippen LogP contribution in [0.25, 0.3) is 5.57 Å². The highest BCUT2D eigenvalue weighted by Gasteiger charge is 2.51. The van der Waals surface area contributed by atoms with Gasteiger partial charge < -0.3 is 4.74 Å². The summed E-state index contributed by atoms with van der Waals surface area (Å²) in [6.07, 6.45) is 2.77. The van der Waals surface area contributed by atoms with Gasteiger partial charge in [0.1, 0.15) is 0 Å². The van der Waals surface area contributed by atoms with Crippen molar-refractivity contribution >= 4 is 28.9 Å². The highest BCUT2D eigenvalue weighted by atomic mass is 35.5. The topological polar surface area (TPSA) is 43.4 Å². The van der Waals surface area contributed by atoms with E-state index in [9.17, 15) is 9.59 Å². The van der Waals surface area contributed by atoms with Crippen LogP contribution in [0.4, 0.5) is 0 Å². The van der Waals surface area contributed by atoms with E-state index < -0.39 is 17.4 Å². The van der Waals surface area contributed by atoms with Gasteiger partial charge in [-0.2, -0.15) is 0 Å². The van der Waals surface area contributed by atoms with Crippen molar-refractivity contribution in [3.05, 3.63) is 112 Å². The molecular weight excluding hydrogens is 372 g/mol. The second-order valence-electron chi connectivity index (χ2n) is 6.93. The summed E-state index contributed by atoms with van der Waals surface area (Å²) in [4.78, 5) is 25.2. The number of ether oxygens (including phenoxy) is 1. The number of fused-ring (bicyclic) bond motifs is 4. The number of allylic oxidation sites excluding steroid dienone is 1. The number of hydrogen-bond donors (Lipinski definition) is 0. The molecule has 3 aromatic rings. The van der Waals surface area contributed by atoms with Gasteiger partial charge in [-0.1, -0.05) is 78.3 Å². The Hall–Kier alpha value is -3.17. The number of esters is 1. The van der Waals surface area contributed by atoms with E-state index in [1.807, 2.05) is 54.6 Å². The van der Waals surface area contributed by atoms with E-state index in [4.69, 9.17) is 16.3 Å². The number of hydrogen-bond acceptors (Lipinski definition) is 3. The molecule has 28 heavy (non-hydrogen) atoms. The molecule has 3 aromatic carbocycles. The summed E-state index contributed by atoms with van der Waals surface area (Å²) in [7, 11) is 0. The standard InChI is InChI=1S/C24H15ClO3/c25-17-8-5-7-16(14-17)20-13-12-15-6-1-3-10-19(15)24(20)21-11-4-2-9-18(21)22(26)23(27)28-24/h1-11,13-14H,12H2. The lowest BCUT2D eigenvalue weighted by atomic mass is 9.69. The van der Waals surface area contributed by atoms with E-state index in [2.05, 4.69) is 6.08 Å². The minimum Gasteiger partial charge on any atom is -0.438 e. The van der Waals surface area contributed by atoms with Crippen LogP contribution < -0.4 is 0 Å². The number of rotatable bonds is 1. The van der Waals surface area contributed by atoms with Crippen LogP contribution in [0.1, 0.15) is 32.6 Å². The molecule has 1 atom stereocenters. The lowest BCUT2D eigenvalue weighted by molar-refractivity contribution is -0.147. The molecule has 1 aliphatic heterocycles. The van der Waals surface area contributed by atoms with E-state index >= 15 is 0 Å². The maximum absolute atomic E-state index is 12.7. The zero-order valence-electron chi connectivity index (χ0n) is 14.8. The summed E-state index contributed by atoms with van der Waals surface area (Å²) in [6.45, 7) is 0. The molecule has 4 heteroatoms. The average molecular weight is 387 g/mol.